The Bertz CT molecular complexity index is 1040. The second-order valence-electron chi connectivity index (χ2n) is 9.00. The lowest BCUT2D eigenvalue weighted by molar-refractivity contribution is -0.185. The topological polar surface area (TPSA) is 105 Å². The van der Waals surface area contributed by atoms with Crippen molar-refractivity contribution in [1.82, 2.24) is 4.90 Å². The average Bonchev–Trinajstić information content (AvgIpc) is 3.12. The number of ether oxygens (including phenoxy) is 2. The Kier molecular flexibility index (Phi) is 4.46. The molecule has 31 heavy (non-hydrogen) atoms. The number of piperidine rings is 1. The molecule has 2 aliphatic carbocycles. The molecule has 2 aliphatic heterocycles. The van der Waals surface area contributed by atoms with Crippen LogP contribution in [0.4, 0.5) is 5.69 Å². The van der Waals surface area contributed by atoms with Crippen molar-refractivity contribution in [3.05, 3.63) is 47.5 Å². The lowest BCUT2D eigenvalue weighted by Gasteiger charge is -2.62. The summed E-state index contributed by atoms with van der Waals surface area (Å²) in [6.07, 6.45) is 1.89. The quantitative estimate of drug-likeness (QED) is 0.475. The first-order valence-corrected chi connectivity index (χ1v) is 10.7. The molecular weight excluding hydrogens is 396 g/mol. The first kappa shape index (κ1) is 20.2. The number of hydrogen-bond acceptors (Lipinski definition) is 7. The summed E-state index contributed by atoms with van der Waals surface area (Å²) in [5.74, 6) is 1.61. The third kappa shape index (κ3) is 2.56. The van der Waals surface area contributed by atoms with E-state index in [0.29, 0.717) is 30.0 Å². The fraction of sp³-hybridized carbons (Fsp3) is 0.458. The van der Waals surface area contributed by atoms with Gasteiger partial charge in [0.2, 0.25) is 0 Å². The monoisotopic (exact) mass is 424 g/mol. The van der Waals surface area contributed by atoms with Gasteiger partial charge in [0, 0.05) is 18.0 Å². The molecule has 2 fully saturated rings. The van der Waals surface area contributed by atoms with Gasteiger partial charge in [-0.2, -0.15) is 0 Å². The van der Waals surface area contributed by atoms with Gasteiger partial charge in [-0.1, -0.05) is 18.2 Å². The predicted molar refractivity (Wildman–Crippen MR) is 116 cm³/mol. The summed E-state index contributed by atoms with van der Waals surface area (Å²) in [7, 11) is 3.70. The number of phenols is 1. The minimum Gasteiger partial charge on any atom is -0.506 e. The molecule has 1 spiro atoms. The number of aromatic hydroxyl groups is 1. The van der Waals surface area contributed by atoms with Crippen molar-refractivity contribution in [2.45, 2.75) is 48.8 Å². The number of Topliss-reactive ketones (excluding diaryl/α,β-unsaturated/α-hetero) is 1. The molecular formula is C24H28N2O5. The Morgan fingerprint density at radius 1 is 1.23 bits per heavy atom. The molecule has 2 aromatic carbocycles. The van der Waals surface area contributed by atoms with E-state index in [1.54, 1.807) is 31.4 Å². The number of nitrogen functional groups attached to an aromatic ring is 1. The van der Waals surface area contributed by atoms with Gasteiger partial charge >= 0.3 is 0 Å². The van der Waals surface area contributed by atoms with Crippen LogP contribution >= 0.6 is 0 Å². The number of aliphatic hydroxyl groups is 1. The number of benzene rings is 2. The zero-order valence-corrected chi connectivity index (χ0v) is 17.8. The van der Waals surface area contributed by atoms with Crippen LogP contribution in [0.1, 0.15) is 30.4 Å². The number of nitrogens with zero attached hydrogens (tertiary/aromatic N) is 1. The molecule has 0 aromatic heterocycles. The molecule has 0 radical (unpaired) electrons. The van der Waals surface area contributed by atoms with E-state index in [4.69, 9.17) is 20.3 Å². The SMILES string of the molecule is COc1ccc2c3c1O[C@H]1C(=O)CC[C@@]4(O)[C@@H](C2)N(C)CC[C@]314.Nc1ccccc1O. The van der Waals surface area contributed by atoms with Gasteiger partial charge in [0.15, 0.2) is 23.4 Å². The molecule has 6 rings (SSSR count). The van der Waals surface area contributed by atoms with Gasteiger partial charge in [0.25, 0.3) is 0 Å². The summed E-state index contributed by atoms with van der Waals surface area (Å²) < 4.78 is 11.6. The molecule has 0 unspecified atom stereocenters. The van der Waals surface area contributed by atoms with Crippen LogP contribution in [-0.2, 0) is 16.6 Å². The minimum absolute atomic E-state index is 0.0438. The normalized spacial score (nSPS) is 32.4. The van der Waals surface area contributed by atoms with Gasteiger partial charge in [-0.15, -0.1) is 0 Å². The van der Waals surface area contributed by atoms with Gasteiger partial charge in [-0.05, 0) is 56.6 Å². The number of carbonyl (C=O) groups excluding carboxylic acids is 1. The molecule has 7 nitrogen and oxygen atoms in total. The Labute approximate surface area is 181 Å². The van der Waals surface area contributed by atoms with Gasteiger partial charge in [-0.3, -0.25) is 4.79 Å². The van der Waals surface area contributed by atoms with Gasteiger partial charge in [0.1, 0.15) is 5.75 Å². The van der Waals surface area contributed by atoms with E-state index in [2.05, 4.69) is 18.0 Å². The van der Waals surface area contributed by atoms with Crippen molar-refractivity contribution in [1.29, 1.82) is 0 Å². The lowest BCUT2D eigenvalue weighted by Crippen LogP contribution is -2.76. The van der Waals surface area contributed by atoms with Crippen LogP contribution in [0.15, 0.2) is 36.4 Å². The van der Waals surface area contributed by atoms with E-state index < -0.39 is 17.1 Å². The van der Waals surface area contributed by atoms with Crippen molar-refractivity contribution in [2.75, 3.05) is 26.4 Å². The number of anilines is 1. The fourth-order valence-corrected chi connectivity index (χ4v) is 6.17. The van der Waals surface area contributed by atoms with Gasteiger partial charge < -0.3 is 30.3 Å². The van der Waals surface area contributed by atoms with Crippen LogP contribution in [0.3, 0.4) is 0 Å². The summed E-state index contributed by atoms with van der Waals surface area (Å²) in [5, 5.41) is 20.5. The van der Waals surface area contributed by atoms with Crippen molar-refractivity contribution in [2.24, 2.45) is 0 Å². The predicted octanol–water partition coefficient (Wildman–Crippen LogP) is 2.02. The molecule has 1 saturated heterocycles. The van der Waals surface area contributed by atoms with Crippen LogP contribution in [0.25, 0.3) is 0 Å². The number of ketones is 1. The molecule has 4 aliphatic rings. The summed E-state index contributed by atoms with van der Waals surface area (Å²) >= 11 is 0. The number of methoxy groups -OCH3 is 1. The van der Waals surface area contributed by atoms with Crippen molar-refractivity contribution < 1.29 is 24.5 Å². The zero-order chi connectivity index (χ0) is 22.0. The number of phenolic OH excluding ortho intramolecular Hbond substituents is 1. The molecule has 2 heterocycles. The highest BCUT2D eigenvalue weighted by atomic mass is 16.5. The highest BCUT2D eigenvalue weighted by Gasteiger charge is 2.72. The number of para-hydroxylation sites is 2. The van der Waals surface area contributed by atoms with E-state index in [1.807, 2.05) is 6.07 Å². The molecule has 0 amide bonds. The molecule has 2 aromatic rings. The summed E-state index contributed by atoms with van der Waals surface area (Å²) in [6.45, 7) is 0.871. The third-order valence-electron chi connectivity index (χ3n) is 7.67. The molecule has 164 valence electrons. The van der Waals surface area contributed by atoms with E-state index >= 15 is 0 Å². The first-order valence-electron chi connectivity index (χ1n) is 10.7. The average molecular weight is 424 g/mol. The molecule has 7 heteroatoms. The highest BCUT2D eigenvalue weighted by molar-refractivity contribution is 5.90. The number of rotatable bonds is 1. The molecule has 4 atom stereocenters. The summed E-state index contributed by atoms with van der Waals surface area (Å²) in [4.78, 5) is 14.9. The smallest absolute Gasteiger partial charge is 0.174 e. The minimum atomic E-state index is -0.900. The third-order valence-corrected chi connectivity index (χ3v) is 7.67. The van der Waals surface area contributed by atoms with Crippen LogP contribution in [0.5, 0.6) is 17.2 Å². The second kappa shape index (κ2) is 6.87. The van der Waals surface area contributed by atoms with Crippen molar-refractivity contribution in [3.63, 3.8) is 0 Å². The first-order chi connectivity index (χ1) is 14.8. The second-order valence-corrected chi connectivity index (χ2v) is 9.00. The Hall–Kier alpha value is -2.77. The van der Waals surface area contributed by atoms with Crippen molar-refractivity contribution >= 4 is 11.5 Å². The maximum Gasteiger partial charge on any atom is 0.174 e. The van der Waals surface area contributed by atoms with Gasteiger partial charge in [-0.25, -0.2) is 0 Å². The number of likely N-dealkylation sites (N-methyl/N-ethyl adjacent to an activating group) is 1. The lowest BCUT2D eigenvalue weighted by atomic mass is 9.49. The summed E-state index contributed by atoms with van der Waals surface area (Å²) in [6, 6.07) is 10.7. The fourth-order valence-electron chi connectivity index (χ4n) is 6.17. The van der Waals surface area contributed by atoms with Crippen LogP contribution < -0.4 is 15.2 Å². The van der Waals surface area contributed by atoms with Crippen LogP contribution in [-0.4, -0.2) is 59.3 Å². The number of nitrogens with two attached hydrogens (primary N) is 1. The van der Waals surface area contributed by atoms with Crippen molar-refractivity contribution in [3.8, 4) is 17.2 Å². The van der Waals surface area contributed by atoms with E-state index in [9.17, 15) is 9.90 Å². The summed E-state index contributed by atoms with van der Waals surface area (Å²) in [5.41, 5.74) is 6.43. The van der Waals surface area contributed by atoms with Crippen LogP contribution in [0.2, 0.25) is 0 Å². The highest BCUT2D eigenvalue weighted by Crippen LogP contribution is 2.64. The van der Waals surface area contributed by atoms with E-state index in [0.717, 1.165) is 24.9 Å². The Balaban J connectivity index is 0.000000217. The van der Waals surface area contributed by atoms with Crippen LogP contribution in [0, 0.1) is 0 Å². The standard InChI is InChI=1S/C18H21NO4.C6H7NO/c1-19-8-7-17-14-10-3-4-12(22-2)15(14)23-16(17)11(20)5-6-18(17,21)13(19)9-10;7-5-3-1-2-4-6(5)8/h3-4,13,16,21H,5-9H2,1-2H3;1-4,8H,7H2/t13-,16+,17+,18-;/m1./s1. The van der Waals surface area contributed by atoms with E-state index in [-0.39, 0.29) is 17.6 Å². The number of hydrogen-bond donors (Lipinski definition) is 3. The number of carbonyl (C=O) groups is 1. The molecule has 1 saturated carbocycles. The molecule has 2 bridgehead atoms. The van der Waals surface area contributed by atoms with Gasteiger partial charge in [0.05, 0.1) is 23.8 Å². The Morgan fingerprint density at radius 2 is 2.00 bits per heavy atom. The van der Waals surface area contributed by atoms with E-state index in [1.165, 1.54) is 5.56 Å². The largest absolute Gasteiger partial charge is 0.506 e. The molecule has 4 N–H and O–H groups in total. The Morgan fingerprint density at radius 3 is 2.68 bits per heavy atom. The number of likely N-dealkylation sites (tertiary alicyclic amines) is 1. The maximum absolute atomic E-state index is 12.7. The zero-order valence-electron chi connectivity index (χ0n) is 17.8. The maximum atomic E-state index is 12.7.